The molecular weight excluding hydrogens is 356 g/mol. The van der Waals surface area contributed by atoms with E-state index in [-0.39, 0.29) is 5.97 Å². The zero-order valence-electron chi connectivity index (χ0n) is 17.5. The molecule has 0 aliphatic heterocycles. The smallest absolute Gasteiger partial charge is 0.325 e. The first-order chi connectivity index (χ1) is 14.0. The van der Waals surface area contributed by atoms with Gasteiger partial charge in [0.2, 0.25) is 0 Å². The molecule has 29 heavy (non-hydrogen) atoms. The Balaban J connectivity index is 1.73. The average molecular weight is 383 g/mol. The fourth-order valence-electron chi connectivity index (χ4n) is 4.19. The van der Waals surface area contributed by atoms with E-state index in [1.54, 1.807) is 0 Å². The van der Waals surface area contributed by atoms with Gasteiger partial charge in [-0.2, -0.15) is 0 Å². The van der Waals surface area contributed by atoms with Gasteiger partial charge in [-0.3, -0.25) is 4.79 Å². The van der Waals surface area contributed by atoms with Crippen LogP contribution < -0.4 is 0 Å². The molecule has 0 aromatic heterocycles. The van der Waals surface area contributed by atoms with E-state index in [0.29, 0.717) is 6.61 Å². The summed E-state index contributed by atoms with van der Waals surface area (Å²) in [6.07, 6.45) is 0. The molecule has 0 spiro atoms. The zero-order valence-corrected chi connectivity index (χ0v) is 17.5. The van der Waals surface area contributed by atoms with Crippen LogP contribution in [-0.4, -0.2) is 12.6 Å². The summed E-state index contributed by atoms with van der Waals surface area (Å²) >= 11 is 0. The molecule has 0 saturated carbocycles. The number of carbonyl (C=O) groups is 1. The van der Waals surface area contributed by atoms with Crippen LogP contribution in [0.1, 0.15) is 36.1 Å². The van der Waals surface area contributed by atoms with Crippen molar-refractivity contribution < 1.29 is 9.53 Å². The van der Waals surface area contributed by atoms with Crippen molar-refractivity contribution in [1.82, 2.24) is 0 Å². The van der Waals surface area contributed by atoms with Gasteiger partial charge in [0.05, 0.1) is 6.61 Å². The predicted octanol–water partition coefficient (Wildman–Crippen LogP) is 6.26. The molecule has 0 heterocycles. The lowest BCUT2D eigenvalue weighted by molar-refractivity contribution is -0.145. The van der Waals surface area contributed by atoms with Gasteiger partial charge in [0.15, 0.2) is 0 Å². The minimum absolute atomic E-state index is 0.184. The van der Waals surface area contributed by atoms with Crippen molar-refractivity contribution in [1.29, 1.82) is 0 Å². The Morgan fingerprint density at radius 1 is 0.724 bits per heavy atom. The van der Waals surface area contributed by atoms with Crippen LogP contribution in [0.5, 0.6) is 0 Å². The van der Waals surface area contributed by atoms with E-state index in [9.17, 15) is 4.79 Å². The monoisotopic (exact) mass is 382 g/mol. The lowest BCUT2D eigenvalue weighted by atomic mass is 9.85. The minimum Gasteiger partial charge on any atom is -0.465 e. The van der Waals surface area contributed by atoms with Crippen LogP contribution in [0.25, 0.3) is 16.7 Å². The summed E-state index contributed by atoms with van der Waals surface area (Å²) in [5, 5.41) is 0. The molecule has 1 aliphatic carbocycles. The van der Waals surface area contributed by atoms with E-state index in [0.717, 1.165) is 27.8 Å². The highest BCUT2D eigenvalue weighted by Crippen LogP contribution is 2.60. The predicted molar refractivity (Wildman–Crippen MR) is 119 cm³/mol. The van der Waals surface area contributed by atoms with Gasteiger partial charge in [0.1, 0.15) is 5.41 Å². The van der Waals surface area contributed by atoms with Crippen LogP contribution in [0, 0.1) is 13.8 Å². The summed E-state index contributed by atoms with van der Waals surface area (Å²) in [5.74, 6) is -0.184. The molecule has 1 unspecified atom stereocenters. The Bertz CT molecular complexity index is 1070. The first-order valence-electron chi connectivity index (χ1n) is 10.1. The third kappa shape index (κ3) is 3.19. The molecular formula is C27H26O2. The highest BCUT2D eigenvalue weighted by molar-refractivity contribution is 6.15. The number of rotatable bonds is 5. The molecule has 3 aromatic rings. The molecule has 146 valence electrons. The van der Waals surface area contributed by atoms with Gasteiger partial charge >= 0.3 is 5.97 Å². The molecule has 0 N–H and O–H groups in total. The van der Waals surface area contributed by atoms with Crippen LogP contribution in [0.3, 0.4) is 0 Å². The Kier molecular flexibility index (Phi) is 4.87. The molecule has 0 radical (unpaired) electrons. The van der Waals surface area contributed by atoms with Crippen molar-refractivity contribution in [2.24, 2.45) is 0 Å². The third-order valence-corrected chi connectivity index (χ3v) is 5.87. The molecule has 1 atom stereocenters. The number of esters is 1. The average Bonchev–Trinajstić information content (AvgIpc) is 3.35. The fraction of sp³-hybridized carbons (Fsp3) is 0.222. The Morgan fingerprint density at radius 2 is 1.17 bits per heavy atom. The van der Waals surface area contributed by atoms with Gasteiger partial charge in [-0.05, 0) is 61.1 Å². The lowest BCUT2D eigenvalue weighted by Crippen LogP contribution is -2.28. The summed E-state index contributed by atoms with van der Waals surface area (Å²) < 4.78 is 5.52. The van der Waals surface area contributed by atoms with Crippen LogP contribution >= 0.6 is 0 Å². The highest BCUT2D eigenvalue weighted by atomic mass is 16.5. The summed E-state index contributed by atoms with van der Waals surface area (Å²) in [6, 6.07) is 25.2. The molecule has 2 nitrogen and oxygen atoms in total. The first kappa shape index (κ1) is 19.2. The maximum atomic E-state index is 13.1. The summed E-state index contributed by atoms with van der Waals surface area (Å²) in [5.41, 5.74) is 8.20. The van der Waals surface area contributed by atoms with Crippen LogP contribution in [0.15, 0.2) is 78.4 Å². The standard InChI is InChI=1S/C27H26O2/c1-5-29-26(28)27(20(4)25(27)23-12-8-19(3)9-13-23)24-16-14-22(15-17-24)21-10-6-18(2)7-11-21/h6-17H,5H2,1-4H3. The van der Waals surface area contributed by atoms with E-state index in [4.69, 9.17) is 4.74 Å². The van der Waals surface area contributed by atoms with Crippen molar-refractivity contribution in [2.45, 2.75) is 33.1 Å². The number of hydrogen-bond donors (Lipinski definition) is 0. The van der Waals surface area contributed by atoms with Crippen LogP contribution in [0.4, 0.5) is 0 Å². The van der Waals surface area contributed by atoms with E-state index < -0.39 is 5.41 Å². The fourth-order valence-corrected chi connectivity index (χ4v) is 4.19. The molecule has 0 saturated heterocycles. The maximum Gasteiger partial charge on any atom is 0.325 e. The SMILES string of the molecule is CCOC(=O)C1(c2ccc(-c3ccc(C)cc3)cc2)C(C)=C1c1ccc(C)cc1. The molecule has 0 fully saturated rings. The Morgan fingerprint density at radius 3 is 1.66 bits per heavy atom. The zero-order chi connectivity index (χ0) is 20.6. The molecule has 4 rings (SSSR count). The van der Waals surface area contributed by atoms with Crippen LogP contribution in [-0.2, 0) is 14.9 Å². The summed E-state index contributed by atoms with van der Waals surface area (Å²) in [7, 11) is 0. The van der Waals surface area contributed by atoms with Gasteiger partial charge in [-0.15, -0.1) is 0 Å². The molecule has 3 aromatic carbocycles. The van der Waals surface area contributed by atoms with Crippen molar-refractivity contribution in [3.05, 3.63) is 101 Å². The number of benzene rings is 3. The highest BCUT2D eigenvalue weighted by Gasteiger charge is 2.59. The van der Waals surface area contributed by atoms with Gasteiger partial charge in [0, 0.05) is 0 Å². The van der Waals surface area contributed by atoms with Gasteiger partial charge in [-0.1, -0.05) is 83.9 Å². The quantitative estimate of drug-likeness (QED) is 0.487. The lowest BCUT2D eigenvalue weighted by Gasteiger charge is -2.20. The van der Waals surface area contributed by atoms with E-state index in [1.165, 1.54) is 16.7 Å². The third-order valence-electron chi connectivity index (χ3n) is 5.87. The Hall–Kier alpha value is -3.13. The second-order valence-corrected chi connectivity index (χ2v) is 7.78. The van der Waals surface area contributed by atoms with Crippen molar-refractivity contribution in [3.8, 4) is 11.1 Å². The number of hydrogen-bond acceptors (Lipinski definition) is 2. The molecule has 1 aliphatic rings. The minimum atomic E-state index is -0.767. The van der Waals surface area contributed by atoms with Gasteiger partial charge in [0.25, 0.3) is 0 Å². The number of ether oxygens (including phenoxy) is 1. The van der Waals surface area contributed by atoms with E-state index in [2.05, 4.69) is 86.6 Å². The van der Waals surface area contributed by atoms with Crippen molar-refractivity contribution in [3.63, 3.8) is 0 Å². The normalized spacial score (nSPS) is 17.9. The summed E-state index contributed by atoms with van der Waals surface area (Å²) in [4.78, 5) is 13.1. The van der Waals surface area contributed by atoms with Crippen molar-refractivity contribution >= 4 is 11.5 Å². The second-order valence-electron chi connectivity index (χ2n) is 7.78. The van der Waals surface area contributed by atoms with Gasteiger partial charge < -0.3 is 4.74 Å². The molecule has 2 heteroatoms. The van der Waals surface area contributed by atoms with Gasteiger partial charge in [-0.25, -0.2) is 0 Å². The maximum absolute atomic E-state index is 13.1. The van der Waals surface area contributed by atoms with E-state index >= 15 is 0 Å². The largest absolute Gasteiger partial charge is 0.465 e. The topological polar surface area (TPSA) is 26.3 Å². The van der Waals surface area contributed by atoms with Crippen LogP contribution in [0.2, 0.25) is 0 Å². The molecule has 0 amide bonds. The summed E-state index contributed by atoms with van der Waals surface area (Å²) in [6.45, 7) is 8.43. The number of carbonyl (C=O) groups excluding carboxylic acids is 1. The molecule has 0 bridgehead atoms. The van der Waals surface area contributed by atoms with E-state index in [1.807, 2.05) is 13.8 Å². The first-order valence-corrected chi connectivity index (χ1v) is 10.1. The van der Waals surface area contributed by atoms with Crippen molar-refractivity contribution in [2.75, 3.05) is 6.61 Å². The Labute approximate surface area is 172 Å². The second kappa shape index (κ2) is 7.36. The number of aryl methyl sites for hydroxylation is 2.